The lowest BCUT2D eigenvalue weighted by Gasteiger charge is -2.11. The van der Waals surface area contributed by atoms with Gasteiger partial charge in [-0.05, 0) is 23.3 Å². The average molecular weight is 348 g/mol. The molecule has 0 fully saturated rings. The third kappa shape index (κ3) is 3.09. The number of aromatic amines is 1. The second kappa shape index (κ2) is 6.84. The van der Waals surface area contributed by atoms with Crippen LogP contribution in [0.25, 0.3) is 10.9 Å². The summed E-state index contributed by atoms with van der Waals surface area (Å²) in [5, 5.41) is 3.21. The van der Waals surface area contributed by atoms with E-state index in [1.165, 1.54) is 6.07 Å². The first-order valence-corrected chi connectivity index (χ1v) is 8.28. The van der Waals surface area contributed by atoms with Crippen molar-refractivity contribution in [1.82, 2.24) is 19.9 Å². The first-order valence-electron chi connectivity index (χ1n) is 8.28. The van der Waals surface area contributed by atoms with Crippen molar-refractivity contribution in [2.75, 3.05) is 0 Å². The Labute approximate surface area is 149 Å². The third-order valence-corrected chi connectivity index (χ3v) is 4.37. The Kier molecular flexibility index (Phi) is 4.23. The van der Waals surface area contributed by atoms with E-state index in [0.717, 1.165) is 11.1 Å². The summed E-state index contributed by atoms with van der Waals surface area (Å²) in [6.07, 6.45) is 6.92. The molecule has 0 saturated heterocycles. The molecule has 6 heteroatoms. The molecule has 5 nitrogen and oxygen atoms in total. The van der Waals surface area contributed by atoms with Crippen molar-refractivity contribution < 1.29 is 9.18 Å². The Balaban J connectivity index is 1.53. The van der Waals surface area contributed by atoms with Crippen molar-refractivity contribution in [1.29, 1.82) is 0 Å². The van der Waals surface area contributed by atoms with Gasteiger partial charge in [0.2, 0.25) is 0 Å². The zero-order valence-corrected chi connectivity index (χ0v) is 13.9. The highest BCUT2D eigenvalue weighted by Gasteiger charge is 2.15. The first-order chi connectivity index (χ1) is 12.7. The van der Waals surface area contributed by atoms with Crippen LogP contribution in [0.1, 0.15) is 21.5 Å². The van der Waals surface area contributed by atoms with Gasteiger partial charge in [-0.3, -0.25) is 4.79 Å². The van der Waals surface area contributed by atoms with Gasteiger partial charge in [0.25, 0.3) is 5.91 Å². The highest BCUT2D eigenvalue weighted by molar-refractivity contribution is 6.06. The van der Waals surface area contributed by atoms with Crippen LogP contribution in [-0.4, -0.2) is 20.4 Å². The molecule has 2 heterocycles. The van der Waals surface area contributed by atoms with Gasteiger partial charge in [-0.25, -0.2) is 9.37 Å². The van der Waals surface area contributed by atoms with Gasteiger partial charge < -0.3 is 14.9 Å². The van der Waals surface area contributed by atoms with Crippen LogP contribution in [0.3, 0.4) is 0 Å². The topological polar surface area (TPSA) is 62.7 Å². The maximum absolute atomic E-state index is 14.1. The van der Waals surface area contributed by atoms with E-state index in [9.17, 15) is 9.18 Å². The number of hydrogen-bond donors (Lipinski definition) is 2. The molecule has 0 aliphatic rings. The summed E-state index contributed by atoms with van der Waals surface area (Å²) in [5.74, 6) is -0.715. The minimum absolute atomic E-state index is 0.307. The molecule has 2 aromatic heterocycles. The van der Waals surface area contributed by atoms with Gasteiger partial charge in [-0.15, -0.1) is 0 Å². The van der Waals surface area contributed by atoms with E-state index in [1.54, 1.807) is 30.9 Å². The maximum atomic E-state index is 14.1. The van der Waals surface area contributed by atoms with Crippen molar-refractivity contribution in [3.8, 4) is 0 Å². The molecule has 0 radical (unpaired) electrons. The molecule has 130 valence electrons. The monoisotopic (exact) mass is 348 g/mol. The maximum Gasteiger partial charge on any atom is 0.253 e. The lowest BCUT2D eigenvalue weighted by molar-refractivity contribution is 0.0952. The molecule has 2 N–H and O–H groups in total. The Morgan fingerprint density at radius 3 is 2.81 bits per heavy atom. The molecule has 0 aliphatic heterocycles. The number of imidazole rings is 1. The molecule has 0 unspecified atom stereocenters. The van der Waals surface area contributed by atoms with Gasteiger partial charge in [-0.2, -0.15) is 0 Å². The van der Waals surface area contributed by atoms with E-state index in [2.05, 4.69) is 15.3 Å². The number of amides is 1. The average Bonchev–Trinajstić information content (AvgIpc) is 3.31. The van der Waals surface area contributed by atoms with Gasteiger partial charge in [0, 0.05) is 42.6 Å². The fourth-order valence-electron chi connectivity index (χ4n) is 3.05. The Morgan fingerprint density at radius 2 is 2.00 bits per heavy atom. The minimum Gasteiger partial charge on any atom is -0.360 e. The van der Waals surface area contributed by atoms with Crippen molar-refractivity contribution >= 4 is 16.8 Å². The van der Waals surface area contributed by atoms with Gasteiger partial charge >= 0.3 is 0 Å². The molecule has 2 aromatic carbocycles. The molecule has 4 aromatic rings. The standard InChI is InChI=1S/C20H17FN4O/c21-17-6-3-7-18-19(17)16(11-23-18)20(26)24-10-14-4-1-2-5-15(14)12-25-9-8-22-13-25/h1-9,11,13,23H,10,12H2,(H,24,26). The van der Waals surface area contributed by atoms with Crippen LogP contribution in [0, 0.1) is 5.82 Å². The Hall–Kier alpha value is -3.41. The lowest BCUT2D eigenvalue weighted by atomic mass is 10.1. The number of fused-ring (bicyclic) bond motifs is 1. The van der Waals surface area contributed by atoms with Crippen molar-refractivity contribution in [2.45, 2.75) is 13.1 Å². The SMILES string of the molecule is O=C(NCc1ccccc1Cn1ccnc1)c1c[nH]c2cccc(F)c12. The number of carbonyl (C=O) groups excluding carboxylic acids is 1. The quantitative estimate of drug-likeness (QED) is 0.580. The number of aromatic nitrogens is 3. The van der Waals surface area contributed by atoms with Crippen molar-refractivity contribution in [2.24, 2.45) is 0 Å². The Bertz CT molecular complexity index is 1050. The second-order valence-corrected chi connectivity index (χ2v) is 6.05. The van der Waals surface area contributed by atoms with E-state index < -0.39 is 5.82 Å². The number of nitrogens with zero attached hydrogens (tertiary/aromatic N) is 2. The molecule has 26 heavy (non-hydrogen) atoms. The van der Waals surface area contributed by atoms with E-state index in [0.29, 0.717) is 29.6 Å². The highest BCUT2D eigenvalue weighted by Crippen LogP contribution is 2.21. The predicted octanol–water partition coefficient (Wildman–Crippen LogP) is 3.48. The number of benzene rings is 2. The number of nitrogens with one attached hydrogen (secondary N) is 2. The first kappa shape index (κ1) is 16.1. The molecular weight excluding hydrogens is 331 g/mol. The van der Waals surface area contributed by atoms with Gasteiger partial charge in [0.1, 0.15) is 5.82 Å². The molecule has 0 spiro atoms. The molecule has 0 atom stereocenters. The van der Waals surface area contributed by atoms with Crippen LogP contribution < -0.4 is 5.32 Å². The van der Waals surface area contributed by atoms with E-state index in [1.807, 2.05) is 35.0 Å². The van der Waals surface area contributed by atoms with E-state index in [-0.39, 0.29) is 5.91 Å². The summed E-state index contributed by atoms with van der Waals surface area (Å²) in [6.45, 7) is 1.04. The number of rotatable bonds is 5. The van der Waals surface area contributed by atoms with Gasteiger partial charge in [-0.1, -0.05) is 30.3 Å². The van der Waals surface area contributed by atoms with Crippen LogP contribution in [0.4, 0.5) is 4.39 Å². The summed E-state index contributed by atoms with van der Waals surface area (Å²) in [6, 6.07) is 12.6. The van der Waals surface area contributed by atoms with Crippen LogP contribution in [-0.2, 0) is 13.1 Å². The van der Waals surface area contributed by atoms with Crippen LogP contribution in [0.2, 0.25) is 0 Å². The summed E-state index contributed by atoms with van der Waals surface area (Å²) >= 11 is 0. The van der Waals surface area contributed by atoms with E-state index in [4.69, 9.17) is 0 Å². The highest BCUT2D eigenvalue weighted by atomic mass is 19.1. The van der Waals surface area contributed by atoms with Gasteiger partial charge in [0.05, 0.1) is 11.9 Å². The summed E-state index contributed by atoms with van der Waals surface area (Å²) in [5.41, 5.74) is 3.02. The largest absolute Gasteiger partial charge is 0.360 e. The normalized spacial score (nSPS) is 11.0. The minimum atomic E-state index is -0.408. The van der Waals surface area contributed by atoms with Crippen molar-refractivity contribution in [3.63, 3.8) is 0 Å². The molecule has 4 rings (SSSR count). The zero-order valence-electron chi connectivity index (χ0n) is 13.9. The molecular formula is C20H17FN4O. The van der Waals surface area contributed by atoms with Crippen LogP contribution in [0.5, 0.6) is 0 Å². The molecule has 1 amide bonds. The van der Waals surface area contributed by atoms with Crippen LogP contribution in [0.15, 0.2) is 67.4 Å². The fraction of sp³-hybridized carbons (Fsp3) is 0.100. The predicted molar refractivity (Wildman–Crippen MR) is 97.2 cm³/mol. The second-order valence-electron chi connectivity index (χ2n) is 6.05. The number of H-pyrrole nitrogens is 1. The molecule has 0 saturated carbocycles. The third-order valence-electron chi connectivity index (χ3n) is 4.37. The van der Waals surface area contributed by atoms with E-state index >= 15 is 0 Å². The summed E-state index contributed by atoms with van der Waals surface area (Å²) in [7, 11) is 0. The van der Waals surface area contributed by atoms with Gasteiger partial charge in [0.15, 0.2) is 0 Å². The number of halogens is 1. The molecule has 0 bridgehead atoms. The fourth-order valence-corrected chi connectivity index (χ4v) is 3.05. The number of carbonyl (C=O) groups is 1. The zero-order chi connectivity index (χ0) is 17.9. The summed E-state index contributed by atoms with van der Waals surface area (Å²) in [4.78, 5) is 19.5. The lowest BCUT2D eigenvalue weighted by Crippen LogP contribution is -2.23. The smallest absolute Gasteiger partial charge is 0.253 e. The number of hydrogen-bond acceptors (Lipinski definition) is 2. The van der Waals surface area contributed by atoms with Crippen molar-refractivity contribution in [3.05, 3.63) is 89.9 Å². The van der Waals surface area contributed by atoms with Crippen LogP contribution >= 0.6 is 0 Å². The Morgan fingerprint density at radius 1 is 1.15 bits per heavy atom. The summed E-state index contributed by atoms with van der Waals surface area (Å²) < 4.78 is 16.0. The molecule has 0 aliphatic carbocycles.